The van der Waals surface area contributed by atoms with Gasteiger partial charge in [0.2, 0.25) is 0 Å². The summed E-state index contributed by atoms with van der Waals surface area (Å²) in [4.78, 5) is 12.2. The number of nitrogens with one attached hydrogen (secondary N) is 1. The zero-order chi connectivity index (χ0) is 13.1. The molecule has 3 N–H and O–H groups in total. The van der Waals surface area contributed by atoms with Crippen LogP contribution in [0.25, 0.3) is 0 Å². The summed E-state index contributed by atoms with van der Waals surface area (Å²) >= 11 is 4.89. The average Bonchev–Trinajstić information content (AvgIpc) is 2.76. The molecule has 1 heterocycles. The number of carbonyl (C=O) groups is 1. The van der Waals surface area contributed by atoms with Gasteiger partial charge in [0.05, 0.1) is 11.8 Å². The Balaban J connectivity index is 2.20. The number of thiocarbonyl (C=S) groups is 1. The Bertz CT molecular complexity index is 605. The van der Waals surface area contributed by atoms with Crippen molar-refractivity contribution in [1.29, 1.82) is 0 Å². The summed E-state index contributed by atoms with van der Waals surface area (Å²) in [7, 11) is 0. The fourth-order valence-electron chi connectivity index (χ4n) is 1.57. The molecule has 0 atom stereocenters. The highest BCUT2D eigenvalue weighted by Crippen LogP contribution is 2.14. The Kier molecular flexibility index (Phi) is 3.43. The molecule has 0 fully saturated rings. The lowest BCUT2D eigenvalue weighted by atomic mass is 10.2. The number of nitrogens with two attached hydrogens (primary N) is 1. The van der Waals surface area contributed by atoms with E-state index in [0.717, 1.165) is 0 Å². The minimum atomic E-state index is -0.221. The van der Waals surface area contributed by atoms with Gasteiger partial charge in [0.15, 0.2) is 0 Å². The lowest BCUT2D eigenvalue weighted by Gasteiger charge is -2.06. The minimum absolute atomic E-state index is 0.221. The molecule has 1 amide bonds. The van der Waals surface area contributed by atoms with E-state index in [4.69, 9.17) is 22.4 Å². The number of amides is 1. The van der Waals surface area contributed by atoms with Crippen LogP contribution >= 0.6 is 12.2 Å². The van der Waals surface area contributed by atoms with Gasteiger partial charge in [-0.15, -0.1) is 0 Å². The van der Waals surface area contributed by atoms with Gasteiger partial charge in [-0.1, -0.05) is 24.4 Å². The van der Waals surface area contributed by atoms with E-state index in [9.17, 15) is 4.79 Å². The van der Waals surface area contributed by atoms with Crippen LogP contribution in [0.1, 0.15) is 21.7 Å². The maximum atomic E-state index is 11.9. The van der Waals surface area contributed by atoms with Crippen molar-refractivity contribution in [3.63, 3.8) is 0 Å². The second-order valence-corrected chi connectivity index (χ2v) is 4.23. The molecule has 4 nitrogen and oxygen atoms in total. The summed E-state index contributed by atoms with van der Waals surface area (Å²) < 4.78 is 5.08. The predicted octanol–water partition coefficient (Wildman–Crippen LogP) is 2.47. The van der Waals surface area contributed by atoms with Crippen LogP contribution < -0.4 is 11.1 Å². The third-order valence-corrected chi connectivity index (χ3v) is 2.74. The lowest BCUT2D eigenvalue weighted by molar-refractivity contribution is 0.102. The van der Waals surface area contributed by atoms with E-state index in [-0.39, 0.29) is 5.91 Å². The van der Waals surface area contributed by atoms with E-state index in [0.29, 0.717) is 27.6 Å². The van der Waals surface area contributed by atoms with Crippen molar-refractivity contribution in [2.45, 2.75) is 6.92 Å². The number of benzene rings is 1. The summed E-state index contributed by atoms with van der Waals surface area (Å²) in [6.07, 6.45) is 1.48. The van der Waals surface area contributed by atoms with Crippen molar-refractivity contribution in [3.8, 4) is 0 Å². The first kappa shape index (κ1) is 12.3. The van der Waals surface area contributed by atoms with E-state index < -0.39 is 0 Å². The Morgan fingerprint density at radius 3 is 2.78 bits per heavy atom. The highest BCUT2D eigenvalue weighted by molar-refractivity contribution is 7.80. The van der Waals surface area contributed by atoms with Crippen molar-refractivity contribution in [1.82, 2.24) is 0 Å². The smallest absolute Gasteiger partial charge is 0.259 e. The number of aryl methyl sites for hydroxylation is 1. The molecule has 0 bridgehead atoms. The molecule has 1 aromatic carbocycles. The summed E-state index contributed by atoms with van der Waals surface area (Å²) in [5.41, 5.74) is 7.40. The minimum Gasteiger partial charge on any atom is -0.469 e. The highest BCUT2D eigenvalue weighted by atomic mass is 32.1. The molecule has 0 saturated carbocycles. The van der Waals surface area contributed by atoms with Crippen molar-refractivity contribution < 1.29 is 9.21 Å². The molecule has 0 aliphatic rings. The molecule has 92 valence electrons. The molecule has 2 aromatic rings. The van der Waals surface area contributed by atoms with Gasteiger partial charge >= 0.3 is 0 Å². The van der Waals surface area contributed by atoms with E-state index >= 15 is 0 Å². The molecule has 5 heteroatoms. The molecule has 0 saturated heterocycles. The van der Waals surface area contributed by atoms with E-state index in [1.807, 2.05) is 0 Å². The van der Waals surface area contributed by atoms with Crippen LogP contribution in [-0.4, -0.2) is 10.9 Å². The maximum absolute atomic E-state index is 11.9. The normalized spacial score (nSPS) is 10.1. The van der Waals surface area contributed by atoms with Gasteiger partial charge in [-0.25, -0.2) is 0 Å². The number of carbonyl (C=O) groups excluding carboxylic acids is 1. The Morgan fingerprint density at radius 1 is 1.39 bits per heavy atom. The van der Waals surface area contributed by atoms with Crippen LogP contribution in [0.3, 0.4) is 0 Å². The van der Waals surface area contributed by atoms with Crippen molar-refractivity contribution in [3.05, 3.63) is 53.5 Å². The van der Waals surface area contributed by atoms with Crippen LogP contribution in [0.4, 0.5) is 5.69 Å². The molecular weight excluding hydrogens is 248 g/mol. The monoisotopic (exact) mass is 260 g/mol. The standard InChI is InChI=1S/C13H12N2O2S/c1-8-11(5-6-17-8)13(16)15-10-4-2-3-9(7-10)12(14)18/h2-7H,1H3,(H2,14,18)(H,15,16). The number of rotatable bonds is 3. The van der Waals surface area contributed by atoms with Gasteiger partial charge in [0.25, 0.3) is 5.91 Å². The molecule has 0 radical (unpaired) electrons. The van der Waals surface area contributed by atoms with Crippen LogP contribution in [0.2, 0.25) is 0 Å². The van der Waals surface area contributed by atoms with Crippen molar-refractivity contribution in [2.24, 2.45) is 5.73 Å². The van der Waals surface area contributed by atoms with Crippen LogP contribution in [0.5, 0.6) is 0 Å². The first-order valence-corrected chi connectivity index (χ1v) is 5.74. The third-order valence-electron chi connectivity index (χ3n) is 2.51. The summed E-state index contributed by atoms with van der Waals surface area (Å²) in [5.74, 6) is 0.361. The van der Waals surface area contributed by atoms with Crippen LogP contribution in [0, 0.1) is 6.92 Å². The van der Waals surface area contributed by atoms with Gasteiger partial charge in [0.1, 0.15) is 10.7 Å². The number of hydrogen-bond donors (Lipinski definition) is 2. The SMILES string of the molecule is Cc1occc1C(=O)Nc1cccc(C(N)=S)c1. The largest absolute Gasteiger partial charge is 0.469 e. The van der Waals surface area contributed by atoms with Gasteiger partial charge in [0, 0.05) is 11.3 Å². The van der Waals surface area contributed by atoms with Crippen molar-refractivity contribution in [2.75, 3.05) is 5.32 Å². The zero-order valence-corrected chi connectivity index (χ0v) is 10.6. The van der Waals surface area contributed by atoms with Crippen LogP contribution in [-0.2, 0) is 0 Å². The fourth-order valence-corrected chi connectivity index (χ4v) is 1.70. The molecule has 0 aliphatic carbocycles. The molecule has 2 rings (SSSR count). The number of anilines is 1. The molecule has 0 aliphatic heterocycles. The first-order chi connectivity index (χ1) is 8.58. The summed E-state index contributed by atoms with van der Waals surface area (Å²) in [6.45, 7) is 1.74. The van der Waals surface area contributed by atoms with Gasteiger partial charge < -0.3 is 15.5 Å². The molecular formula is C13H12N2O2S. The highest BCUT2D eigenvalue weighted by Gasteiger charge is 2.11. The topological polar surface area (TPSA) is 68.3 Å². The van der Waals surface area contributed by atoms with Gasteiger partial charge in [-0.3, -0.25) is 4.79 Å². The van der Waals surface area contributed by atoms with Crippen LogP contribution in [0.15, 0.2) is 41.0 Å². The van der Waals surface area contributed by atoms with E-state index in [1.165, 1.54) is 6.26 Å². The van der Waals surface area contributed by atoms with Gasteiger partial charge in [-0.2, -0.15) is 0 Å². The molecule has 18 heavy (non-hydrogen) atoms. The predicted molar refractivity (Wildman–Crippen MR) is 73.7 cm³/mol. The molecule has 1 aromatic heterocycles. The Hall–Kier alpha value is -2.14. The fraction of sp³-hybridized carbons (Fsp3) is 0.0769. The average molecular weight is 260 g/mol. The van der Waals surface area contributed by atoms with Gasteiger partial charge in [-0.05, 0) is 25.1 Å². The quantitative estimate of drug-likeness (QED) is 0.832. The Labute approximate surface area is 110 Å². The second kappa shape index (κ2) is 5.01. The molecule has 0 unspecified atom stereocenters. The van der Waals surface area contributed by atoms with Crippen molar-refractivity contribution >= 4 is 28.8 Å². The maximum Gasteiger partial charge on any atom is 0.259 e. The lowest BCUT2D eigenvalue weighted by Crippen LogP contribution is -2.14. The third kappa shape index (κ3) is 2.57. The van der Waals surface area contributed by atoms with E-state index in [1.54, 1.807) is 37.3 Å². The number of hydrogen-bond acceptors (Lipinski definition) is 3. The first-order valence-electron chi connectivity index (χ1n) is 5.33. The van der Waals surface area contributed by atoms with E-state index in [2.05, 4.69) is 5.32 Å². The zero-order valence-electron chi connectivity index (χ0n) is 9.77. The second-order valence-electron chi connectivity index (χ2n) is 3.79. The summed E-state index contributed by atoms with van der Waals surface area (Å²) in [6, 6.07) is 8.71. The summed E-state index contributed by atoms with van der Waals surface area (Å²) in [5, 5.41) is 2.77. The number of furan rings is 1. The Morgan fingerprint density at radius 2 is 2.17 bits per heavy atom. The molecule has 0 spiro atoms.